The number of rotatable bonds is 5. The molecule has 5 nitrogen and oxygen atoms in total. The van der Waals surface area contributed by atoms with E-state index in [4.69, 9.17) is 5.26 Å². The Kier molecular flexibility index (Phi) is 4.29. The Hall–Kier alpha value is -1.57. The van der Waals surface area contributed by atoms with Crippen LogP contribution in [0.1, 0.15) is 19.8 Å². The molecular formula is C11H17N3O2. The summed E-state index contributed by atoms with van der Waals surface area (Å²) in [5.74, 6) is 0.554. The van der Waals surface area contributed by atoms with Crippen molar-refractivity contribution >= 4 is 11.8 Å². The Bertz CT molecular complexity index is 322. The lowest BCUT2D eigenvalue weighted by molar-refractivity contribution is -0.129. The average molecular weight is 223 g/mol. The van der Waals surface area contributed by atoms with Gasteiger partial charge in [-0.1, -0.05) is 6.92 Å². The Morgan fingerprint density at radius 3 is 2.69 bits per heavy atom. The van der Waals surface area contributed by atoms with Crippen LogP contribution in [0, 0.1) is 23.2 Å². The quantitative estimate of drug-likeness (QED) is 0.673. The fourth-order valence-electron chi connectivity index (χ4n) is 1.50. The summed E-state index contributed by atoms with van der Waals surface area (Å²) in [7, 11) is 1.58. The molecule has 0 aliphatic heterocycles. The molecule has 1 aliphatic rings. The van der Waals surface area contributed by atoms with E-state index in [1.54, 1.807) is 7.05 Å². The minimum Gasteiger partial charge on any atom is -0.355 e. The molecule has 1 rings (SSSR count). The van der Waals surface area contributed by atoms with Crippen LogP contribution in [0.15, 0.2) is 0 Å². The maximum atomic E-state index is 11.4. The summed E-state index contributed by atoms with van der Waals surface area (Å²) in [6, 6.07) is 1.90. The van der Waals surface area contributed by atoms with E-state index in [1.165, 1.54) is 4.90 Å². The van der Waals surface area contributed by atoms with Crippen LogP contribution >= 0.6 is 0 Å². The van der Waals surface area contributed by atoms with Crippen molar-refractivity contribution in [2.24, 2.45) is 11.8 Å². The molecule has 0 aromatic rings. The summed E-state index contributed by atoms with van der Waals surface area (Å²) in [5, 5.41) is 11.1. The molecule has 2 atom stereocenters. The molecule has 0 bridgehead atoms. The van der Waals surface area contributed by atoms with E-state index in [2.05, 4.69) is 5.32 Å². The lowest BCUT2D eigenvalue weighted by Crippen LogP contribution is -2.33. The number of nitriles is 1. The highest BCUT2D eigenvalue weighted by Gasteiger charge is 2.38. The van der Waals surface area contributed by atoms with Gasteiger partial charge in [-0.05, 0) is 12.3 Å². The van der Waals surface area contributed by atoms with Crippen molar-refractivity contribution in [1.29, 1.82) is 5.26 Å². The smallest absolute Gasteiger partial charge is 0.224 e. The molecule has 0 radical (unpaired) electrons. The van der Waals surface area contributed by atoms with Crippen LogP contribution in [0.25, 0.3) is 0 Å². The molecular weight excluding hydrogens is 206 g/mol. The third kappa shape index (κ3) is 3.54. The average Bonchev–Trinajstić information content (AvgIpc) is 2.95. The highest BCUT2D eigenvalue weighted by atomic mass is 16.2. The zero-order valence-corrected chi connectivity index (χ0v) is 9.69. The SMILES string of the molecule is C[C@@H]1C[C@H]1C(=O)NCCC(=O)N(C)CC#N. The molecule has 1 aliphatic carbocycles. The fraction of sp³-hybridized carbons (Fsp3) is 0.727. The third-order valence-electron chi connectivity index (χ3n) is 2.82. The van der Waals surface area contributed by atoms with Gasteiger partial charge in [-0.15, -0.1) is 0 Å². The van der Waals surface area contributed by atoms with E-state index in [0.717, 1.165) is 6.42 Å². The minimum atomic E-state index is -0.120. The molecule has 1 saturated carbocycles. The van der Waals surface area contributed by atoms with Crippen LogP contribution in [0.4, 0.5) is 0 Å². The topological polar surface area (TPSA) is 73.2 Å². The van der Waals surface area contributed by atoms with Gasteiger partial charge in [-0.2, -0.15) is 5.26 Å². The molecule has 88 valence electrons. The van der Waals surface area contributed by atoms with Crippen LogP contribution in [-0.4, -0.2) is 36.9 Å². The number of carbonyl (C=O) groups excluding carboxylic acids is 2. The van der Waals surface area contributed by atoms with Crippen molar-refractivity contribution in [3.05, 3.63) is 0 Å². The van der Waals surface area contributed by atoms with E-state index in [0.29, 0.717) is 12.5 Å². The van der Waals surface area contributed by atoms with Crippen molar-refractivity contribution in [1.82, 2.24) is 10.2 Å². The first kappa shape index (κ1) is 12.5. The highest BCUT2D eigenvalue weighted by molar-refractivity contribution is 5.82. The lowest BCUT2D eigenvalue weighted by atomic mass is 10.3. The van der Waals surface area contributed by atoms with E-state index < -0.39 is 0 Å². The van der Waals surface area contributed by atoms with Gasteiger partial charge >= 0.3 is 0 Å². The number of amides is 2. The van der Waals surface area contributed by atoms with Crippen molar-refractivity contribution < 1.29 is 9.59 Å². The number of nitrogens with one attached hydrogen (secondary N) is 1. The van der Waals surface area contributed by atoms with E-state index >= 15 is 0 Å². The molecule has 0 heterocycles. The van der Waals surface area contributed by atoms with Gasteiger partial charge in [-0.3, -0.25) is 9.59 Å². The summed E-state index contributed by atoms with van der Waals surface area (Å²) in [6.45, 7) is 2.49. The first-order valence-electron chi connectivity index (χ1n) is 5.45. The van der Waals surface area contributed by atoms with E-state index in [-0.39, 0.29) is 30.7 Å². The number of nitrogens with zero attached hydrogens (tertiary/aromatic N) is 2. The van der Waals surface area contributed by atoms with Gasteiger partial charge < -0.3 is 10.2 Å². The normalized spacial score (nSPS) is 22.1. The maximum absolute atomic E-state index is 11.4. The number of hydrogen-bond acceptors (Lipinski definition) is 3. The summed E-state index contributed by atoms with van der Waals surface area (Å²) < 4.78 is 0. The molecule has 0 aromatic carbocycles. The largest absolute Gasteiger partial charge is 0.355 e. The van der Waals surface area contributed by atoms with Crippen LogP contribution in [-0.2, 0) is 9.59 Å². The number of hydrogen-bond donors (Lipinski definition) is 1. The molecule has 0 spiro atoms. The van der Waals surface area contributed by atoms with Crippen LogP contribution in [0.2, 0.25) is 0 Å². The molecule has 16 heavy (non-hydrogen) atoms. The molecule has 1 N–H and O–H groups in total. The van der Waals surface area contributed by atoms with Gasteiger partial charge in [0.2, 0.25) is 11.8 Å². The summed E-state index contributed by atoms with van der Waals surface area (Å²) in [6.07, 6.45) is 1.21. The molecule has 1 fully saturated rings. The van der Waals surface area contributed by atoms with Gasteiger partial charge in [0, 0.05) is 25.9 Å². The van der Waals surface area contributed by atoms with Gasteiger partial charge in [0.05, 0.1) is 6.07 Å². The Labute approximate surface area is 95.4 Å². The van der Waals surface area contributed by atoms with E-state index in [1.807, 2.05) is 13.0 Å². The van der Waals surface area contributed by atoms with Crippen LogP contribution in [0.5, 0.6) is 0 Å². The Morgan fingerprint density at radius 2 is 2.19 bits per heavy atom. The Morgan fingerprint density at radius 1 is 1.56 bits per heavy atom. The first-order valence-corrected chi connectivity index (χ1v) is 5.45. The molecule has 0 saturated heterocycles. The maximum Gasteiger partial charge on any atom is 0.224 e. The predicted molar refractivity (Wildman–Crippen MR) is 58.1 cm³/mol. The number of carbonyl (C=O) groups is 2. The van der Waals surface area contributed by atoms with Crippen LogP contribution < -0.4 is 5.32 Å². The molecule has 0 unspecified atom stereocenters. The van der Waals surface area contributed by atoms with Gasteiger partial charge in [0.15, 0.2) is 0 Å². The van der Waals surface area contributed by atoms with Crippen LogP contribution in [0.3, 0.4) is 0 Å². The monoisotopic (exact) mass is 223 g/mol. The standard InChI is InChI=1S/C11H17N3O2/c1-8-7-9(8)11(16)13-5-3-10(15)14(2)6-4-12/h8-9H,3,5-7H2,1-2H3,(H,13,16)/t8-,9-/m1/s1. The zero-order valence-electron chi connectivity index (χ0n) is 9.69. The Balaban J connectivity index is 2.13. The summed E-state index contributed by atoms with van der Waals surface area (Å²) in [5.41, 5.74) is 0. The zero-order chi connectivity index (χ0) is 12.1. The minimum absolute atomic E-state index is 0.0447. The van der Waals surface area contributed by atoms with Gasteiger partial charge in [0.1, 0.15) is 6.54 Å². The van der Waals surface area contributed by atoms with E-state index in [9.17, 15) is 9.59 Å². The molecule has 0 aromatic heterocycles. The van der Waals surface area contributed by atoms with Gasteiger partial charge in [-0.25, -0.2) is 0 Å². The van der Waals surface area contributed by atoms with Crippen molar-refractivity contribution in [3.63, 3.8) is 0 Å². The highest BCUT2D eigenvalue weighted by Crippen LogP contribution is 2.37. The third-order valence-corrected chi connectivity index (χ3v) is 2.82. The second-order valence-electron chi connectivity index (χ2n) is 4.27. The van der Waals surface area contributed by atoms with Gasteiger partial charge in [0.25, 0.3) is 0 Å². The second-order valence-corrected chi connectivity index (χ2v) is 4.27. The molecule has 5 heteroatoms. The fourth-order valence-corrected chi connectivity index (χ4v) is 1.50. The van der Waals surface area contributed by atoms with Crippen molar-refractivity contribution in [2.45, 2.75) is 19.8 Å². The first-order chi connectivity index (χ1) is 7.56. The summed E-state index contributed by atoms with van der Waals surface area (Å²) >= 11 is 0. The lowest BCUT2D eigenvalue weighted by Gasteiger charge is -2.12. The predicted octanol–water partition coefficient (Wildman–Crippen LogP) is 0.131. The molecule has 2 amide bonds. The van der Waals surface area contributed by atoms with Crippen molar-refractivity contribution in [3.8, 4) is 6.07 Å². The van der Waals surface area contributed by atoms with Crippen molar-refractivity contribution in [2.75, 3.05) is 20.1 Å². The summed E-state index contributed by atoms with van der Waals surface area (Å²) in [4.78, 5) is 24.1. The second kappa shape index (κ2) is 5.50.